The number of nitrogens with zero attached hydrogens (tertiary/aromatic N) is 3. The molecule has 1 fully saturated rings. The van der Waals surface area contributed by atoms with Crippen LogP contribution in [-0.2, 0) is 20.7 Å². The molecule has 14 nitrogen and oxygen atoms in total. The zero-order valence-corrected chi connectivity index (χ0v) is 24.7. The molecular weight excluding hydrogens is 576 g/mol. The second-order valence-electron chi connectivity index (χ2n) is 11.8. The van der Waals surface area contributed by atoms with Crippen molar-refractivity contribution in [3.8, 4) is 5.75 Å². The first kappa shape index (κ1) is 31.2. The smallest absolute Gasteiger partial charge is 0.409 e. The van der Waals surface area contributed by atoms with Gasteiger partial charge < -0.3 is 35.8 Å². The number of benzene rings is 1. The van der Waals surface area contributed by atoms with Crippen molar-refractivity contribution in [1.82, 2.24) is 14.7 Å². The largest absolute Gasteiger partial charge is 0.510 e. The summed E-state index contributed by atoms with van der Waals surface area (Å²) in [7, 11) is 3.10. The van der Waals surface area contributed by atoms with Crippen molar-refractivity contribution in [1.29, 1.82) is 0 Å². The summed E-state index contributed by atoms with van der Waals surface area (Å²) in [5, 5.41) is 44.8. The lowest BCUT2D eigenvalue weighted by atomic mass is 9.58. The van der Waals surface area contributed by atoms with Crippen LogP contribution in [0.4, 0.5) is 4.79 Å². The van der Waals surface area contributed by atoms with Gasteiger partial charge in [0.2, 0.25) is 5.78 Å². The van der Waals surface area contributed by atoms with E-state index in [1.165, 1.54) is 17.0 Å². The molecule has 1 aromatic carbocycles. The lowest BCUT2D eigenvalue weighted by Crippen LogP contribution is -2.63. The Bertz CT molecular complexity index is 1520. The van der Waals surface area contributed by atoms with Crippen molar-refractivity contribution in [3.05, 3.63) is 51.5 Å². The molecule has 4 aliphatic rings. The van der Waals surface area contributed by atoms with E-state index in [2.05, 4.69) is 0 Å². The number of nitrogens with two attached hydrogens (primary N) is 1. The van der Waals surface area contributed by atoms with E-state index in [0.717, 1.165) is 0 Å². The minimum atomic E-state index is -2.74. The molecule has 0 saturated carbocycles. The number of aromatic hydroxyl groups is 1. The predicted molar refractivity (Wildman–Crippen MR) is 153 cm³/mol. The van der Waals surface area contributed by atoms with Gasteiger partial charge in [-0.15, -0.1) is 0 Å². The van der Waals surface area contributed by atoms with Crippen LogP contribution in [0.1, 0.15) is 39.6 Å². The third kappa shape index (κ3) is 4.73. The average molecular weight is 613 g/mol. The van der Waals surface area contributed by atoms with Gasteiger partial charge in [0.15, 0.2) is 17.2 Å². The van der Waals surface area contributed by atoms with Crippen LogP contribution in [0, 0.1) is 11.8 Å². The number of carbonyl (C=O) groups excluding carboxylic acids is 5. The Morgan fingerprint density at radius 1 is 1.09 bits per heavy atom. The molecule has 0 bridgehead atoms. The van der Waals surface area contributed by atoms with Crippen molar-refractivity contribution in [2.45, 2.75) is 31.4 Å². The Labute approximate surface area is 253 Å². The topological polar surface area (TPSA) is 211 Å². The van der Waals surface area contributed by atoms with Gasteiger partial charge >= 0.3 is 6.09 Å². The van der Waals surface area contributed by atoms with Gasteiger partial charge in [-0.2, -0.15) is 0 Å². The van der Waals surface area contributed by atoms with Crippen LogP contribution in [0.25, 0.3) is 0 Å². The number of amides is 2. The summed E-state index contributed by atoms with van der Waals surface area (Å²) in [6.45, 7) is 3.59. The number of primary amides is 1. The lowest BCUT2D eigenvalue weighted by molar-refractivity contribution is -0.148. The van der Waals surface area contributed by atoms with Crippen LogP contribution >= 0.6 is 0 Å². The second kappa shape index (κ2) is 11.3. The number of ether oxygens (including phenoxy) is 1. The third-order valence-electron chi connectivity index (χ3n) is 9.17. The molecule has 5 rings (SSSR count). The molecule has 44 heavy (non-hydrogen) atoms. The highest BCUT2D eigenvalue weighted by molar-refractivity contribution is 6.25. The van der Waals surface area contributed by atoms with Gasteiger partial charge in [0.05, 0.1) is 24.8 Å². The molecule has 0 spiro atoms. The van der Waals surface area contributed by atoms with Gasteiger partial charge in [-0.25, -0.2) is 4.79 Å². The number of phenolic OH excluding ortho intramolecular Hbond substituents is 1. The van der Waals surface area contributed by atoms with E-state index in [1.54, 1.807) is 25.9 Å². The van der Waals surface area contributed by atoms with E-state index >= 15 is 0 Å². The molecule has 3 aliphatic carbocycles. The maximum atomic E-state index is 13.9. The van der Waals surface area contributed by atoms with Crippen molar-refractivity contribution in [2.75, 3.05) is 53.4 Å². The number of carbonyl (C=O) groups is 5. The van der Waals surface area contributed by atoms with Crippen molar-refractivity contribution < 1.29 is 49.1 Å². The molecule has 0 unspecified atom stereocenters. The number of aliphatic hydroxyl groups is 3. The number of hydrogen-bond acceptors (Lipinski definition) is 12. The summed E-state index contributed by atoms with van der Waals surface area (Å²) < 4.78 is 5.04. The van der Waals surface area contributed by atoms with Crippen LogP contribution < -0.4 is 5.73 Å². The third-order valence-corrected chi connectivity index (χ3v) is 9.17. The minimum Gasteiger partial charge on any atom is -0.510 e. The number of fused-ring (bicyclic) bond motifs is 3. The predicted octanol–water partition coefficient (Wildman–Crippen LogP) is 0.0774. The molecule has 1 aromatic rings. The summed E-state index contributed by atoms with van der Waals surface area (Å²) in [6, 6.07) is 1.53. The number of piperazine rings is 1. The van der Waals surface area contributed by atoms with Crippen molar-refractivity contribution in [2.24, 2.45) is 17.6 Å². The van der Waals surface area contributed by atoms with Gasteiger partial charge in [0.25, 0.3) is 5.91 Å². The SMILES string of the molecule is CCOC(=O)N1CCN(CC(=O)c2ccc(O)c3c2C[C@H]2C[C@H]4[C@H](N(C)C)C(O)=C(C(N)=O)C(=O)[C@@]4(O)C(O)=C2C3=O)CC1. The Morgan fingerprint density at radius 3 is 2.34 bits per heavy atom. The van der Waals surface area contributed by atoms with Gasteiger partial charge in [0.1, 0.15) is 22.8 Å². The quantitative estimate of drug-likeness (QED) is 0.214. The normalized spacial score (nSPS) is 27.2. The number of aliphatic hydroxyl groups excluding tert-OH is 2. The fourth-order valence-electron chi connectivity index (χ4n) is 7.10. The Morgan fingerprint density at radius 2 is 1.75 bits per heavy atom. The molecule has 2 amide bonds. The summed E-state index contributed by atoms with van der Waals surface area (Å²) in [6.07, 6.45) is -0.479. The van der Waals surface area contributed by atoms with E-state index in [0.29, 0.717) is 26.2 Å². The molecule has 1 aliphatic heterocycles. The summed E-state index contributed by atoms with van der Waals surface area (Å²) in [5.74, 6) is -7.79. The number of allylic oxidation sites excluding steroid dienone is 1. The number of ketones is 3. The fourth-order valence-corrected chi connectivity index (χ4v) is 7.10. The second-order valence-corrected chi connectivity index (χ2v) is 11.8. The fraction of sp³-hybridized carbons (Fsp3) is 0.500. The van der Waals surface area contributed by atoms with Crippen LogP contribution in [0.3, 0.4) is 0 Å². The number of likely N-dealkylation sites (N-methyl/N-ethyl adjacent to an activating group) is 1. The Kier molecular flexibility index (Phi) is 8.03. The van der Waals surface area contributed by atoms with Gasteiger partial charge in [-0.3, -0.25) is 29.0 Å². The van der Waals surface area contributed by atoms with Gasteiger partial charge in [-0.05, 0) is 57.5 Å². The Balaban J connectivity index is 1.49. The monoisotopic (exact) mass is 612 g/mol. The molecule has 1 heterocycles. The van der Waals surface area contributed by atoms with Crippen LogP contribution in [0.2, 0.25) is 0 Å². The van der Waals surface area contributed by atoms with E-state index in [-0.39, 0.29) is 54.0 Å². The maximum Gasteiger partial charge on any atom is 0.409 e. The van der Waals surface area contributed by atoms with Gasteiger partial charge in [0, 0.05) is 43.2 Å². The summed E-state index contributed by atoms with van der Waals surface area (Å²) >= 11 is 0. The number of Topliss-reactive ketones (excluding diaryl/α,β-unsaturated/α-hetero) is 3. The minimum absolute atomic E-state index is 0.00513. The number of hydrogen-bond donors (Lipinski definition) is 5. The number of phenols is 1. The Hall–Kier alpha value is -4.27. The maximum absolute atomic E-state index is 13.9. The van der Waals surface area contributed by atoms with E-state index in [1.807, 2.05) is 4.90 Å². The molecule has 236 valence electrons. The molecule has 6 N–H and O–H groups in total. The summed E-state index contributed by atoms with van der Waals surface area (Å²) in [5.41, 5.74) is 1.72. The highest BCUT2D eigenvalue weighted by Crippen LogP contribution is 2.52. The standard InChI is InChI=1S/C30H36N4O10/c1-4-44-29(42)34-9-7-33(8-10-34)13-19(36)15-5-6-18(35)21-16(15)11-14-12-17-23(32(2)3)25(38)22(28(31)41)27(40)30(17,43)26(39)20(14)24(21)37/h5-6,14,17,23,35,38-39,43H,4,7-13H2,1-3H3,(H2,31,41)/t14-,17-,23-,30-/m0/s1. The molecule has 4 atom stereocenters. The van der Waals surface area contributed by atoms with E-state index in [9.17, 15) is 44.4 Å². The molecule has 0 aromatic heterocycles. The molecule has 14 heteroatoms. The van der Waals surface area contributed by atoms with Crippen molar-refractivity contribution >= 4 is 29.4 Å². The van der Waals surface area contributed by atoms with Crippen LogP contribution in [0.15, 0.2) is 34.8 Å². The molecule has 1 saturated heterocycles. The van der Waals surface area contributed by atoms with Gasteiger partial charge in [-0.1, -0.05) is 0 Å². The summed E-state index contributed by atoms with van der Waals surface area (Å²) in [4.78, 5) is 69.9. The molecular formula is C30H36N4O10. The lowest BCUT2D eigenvalue weighted by Gasteiger charge is -2.50. The van der Waals surface area contributed by atoms with Crippen molar-refractivity contribution in [3.63, 3.8) is 0 Å². The first-order chi connectivity index (χ1) is 20.7. The van der Waals surface area contributed by atoms with Crippen LogP contribution in [0.5, 0.6) is 5.75 Å². The average Bonchev–Trinajstić information content (AvgIpc) is 2.95. The first-order valence-electron chi connectivity index (χ1n) is 14.4. The van der Waals surface area contributed by atoms with E-state index < -0.39 is 69.9 Å². The number of rotatable bonds is 6. The first-order valence-corrected chi connectivity index (χ1v) is 14.4. The highest BCUT2D eigenvalue weighted by atomic mass is 16.6. The van der Waals surface area contributed by atoms with Crippen LogP contribution in [-0.4, -0.2) is 130 Å². The molecule has 0 radical (unpaired) electrons. The zero-order chi connectivity index (χ0) is 32.2. The zero-order valence-electron chi connectivity index (χ0n) is 24.7. The highest BCUT2D eigenvalue weighted by Gasteiger charge is 2.63. The van der Waals surface area contributed by atoms with E-state index in [4.69, 9.17) is 10.5 Å².